The monoisotopic (exact) mass is 254 g/mol. The first-order valence-corrected chi connectivity index (χ1v) is 6.71. The van der Waals surface area contributed by atoms with Crippen molar-refractivity contribution in [3.8, 4) is 0 Å². The first-order chi connectivity index (χ1) is 8.37. The highest BCUT2D eigenvalue weighted by Gasteiger charge is 2.71. The van der Waals surface area contributed by atoms with Gasteiger partial charge in [-0.3, -0.25) is 4.79 Å². The zero-order valence-electron chi connectivity index (χ0n) is 11.0. The maximum Gasteiger partial charge on any atom is 0.241 e. The van der Waals surface area contributed by atoms with Crippen LogP contribution >= 0.6 is 0 Å². The molecule has 2 aliphatic carbocycles. The molecule has 0 aromatic carbocycles. The Kier molecular flexibility index (Phi) is 2.38. The SMILES string of the molecule is CC1(C)C2OCCC2C1(N)C(=O)NC1(CO)CC1. The van der Waals surface area contributed by atoms with Gasteiger partial charge in [-0.05, 0) is 19.3 Å². The van der Waals surface area contributed by atoms with Gasteiger partial charge in [0.1, 0.15) is 5.54 Å². The molecule has 0 spiro atoms. The van der Waals surface area contributed by atoms with Gasteiger partial charge in [0.2, 0.25) is 5.91 Å². The molecule has 18 heavy (non-hydrogen) atoms. The summed E-state index contributed by atoms with van der Waals surface area (Å²) >= 11 is 0. The van der Waals surface area contributed by atoms with Crippen LogP contribution in [-0.4, -0.2) is 41.4 Å². The Bertz CT molecular complexity index is 392. The lowest BCUT2D eigenvalue weighted by atomic mass is 9.48. The molecule has 0 bridgehead atoms. The summed E-state index contributed by atoms with van der Waals surface area (Å²) in [5.41, 5.74) is 4.82. The minimum atomic E-state index is -0.862. The number of aliphatic hydroxyl groups is 1. The van der Waals surface area contributed by atoms with Crippen LogP contribution < -0.4 is 11.1 Å². The molecule has 2 saturated carbocycles. The van der Waals surface area contributed by atoms with Crippen molar-refractivity contribution in [2.75, 3.05) is 13.2 Å². The highest BCUT2D eigenvalue weighted by atomic mass is 16.5. The van der Waals surface area contributed by atoms with Crippen molar-refractivity contribution in [2.24, 2.45) is 17.1 Å². The summed E-state index contributed by atoms with van der Waals surface area (Å²) in [6, 6.07) is 0. The van der Waals surface area contributed by atoms with Crippen molar-refractivity contribution in [3.05, 3.63) is 0 Å². The van der Waals surface area contributed by atoms with Crippen LogP contribution in [0.3, 0.4) is 0 Å². The number of amides is 1. The Labute approximate surface area is 107 Å². The van der Waals surface area contributed by atoms with Crippen molar-refractivity contribution in [2.45, 2.75) is 50.3 Å². The number of fused-ring (bicyclic) bond motifs is 1. The predicted molar refractivity (Wildman–Crippen MR) is 65.7 cm³/mol. The highest BCUT2D eigenvalue weighted by Crippen LogP contribution is 2.58. The summed E-state index contributed by atoms with van der Waals surface area (Å²) in [7, 11) is 0. The molecule has 3 aliphatic rings. The van der Waals surface area contributed by atoms with Gasteiger partial charge in [0.05, 0.1) is 18.2 Å². The van der Waals surface area contributed by atoms with Gasteiger partial charge < -0.3 is 20.9 Å². The molecule has 1 saturated heterocycles. The lowest BCUT2D eigenvalue weighted by Gasteiger charge is -2.60. The van der Waals surface area contributed by atoms with E-state index in [1.165, 1.54) is 0 Å². The Morgan fingerprint density at radius 1 is 1.50 bits per heavy atom. The van der Waals surface area contributed by atoms with Gasteiger partial charge in [-0.1, -0.05) is 13.8 Å². The molecule has 4 N–H and O–H groups in total. The normalized spacial score (nSPS) is 42.9. The number of hydrogen-bond donors (Lipinski definition) is 3. The van der Waals surface area contributed by atoms with E-state index in [0.717, 1.165) is 19.3 Å². The first kappa shape index (κ1) is 12.4. The number of nitrogens with one attached hydrogen (secondary N) is 1. The quantitative estimate of drug-likeness (QED) is 0.649. The summed E-state index contributed by atoms with van der Waals surface area (Å²) < 4.78 is 5.68. The van der Waals surface area contributed by atoms with Crippen LogP contribution in [0.25, 0.3) is 0 Å². The number of rotatable bonds is 3. The molecular formula is C13H22N2O3. The van der Waals surface area contributed by atoms with Gasteiger partial charge in [-0.2, -0.15) is 0 Å². The number of ether oxygens (including phenoxy) is 1. The van der Waals surface area contributed by atoms with Crippen LogP contribution in [0.4, 0.5) is 0 Å². The maximum atomic E-state index is 12.5. The Morgan fingerprint density at radius 3 is 2.72 bits per heavy atom. The summed E-state index contributed by atoms with van der Waals surface area (Å²) in [4.78, 5) is 12.5. The van der Waals surface area contributed by atoms with Gasteiger partial charge in [-0.15, -0.1) is 0 Å². The standard InChI is InChI=1S/C13H22N2O3/c1-11(2)9-8(3-6-18-9)13(11,14)10(17)15-12(7-16)4-5-12/h8-9,16H,3-7,14H2,1-2H3,(H,15,17). The van der Waals surface area contributed by atoms with Crippen molar-refractivity contribution in [3.63, 3.8) is 0 Å². The molecule has 0 aromatic heterocycles. The molecule has 1 aliphatic heterocycles. The number of carbonyl (C=O) groups excluding carboxylic acids is 1. The summed E-state index contributed by atoms with van der Waals surface area (Å²) in [5.74, 6) is -0.00667. The summed E-state index contributed by atoms with van der Waals surface area (Å²) in [6.45, 7) is 4.69. The lowest BCUT2D eigenvalue weighted by Crippen LogP contribution is -2.80. The molecule has 1 amide bonds. The van der Waals surface area contributed by atoms with Crippen molar-refractivity contribution in [1.29, 1.82) is 0 Å². The zero-order valence-corrected chi connectivity index (χ0v) is 11.0. The molecule has 3 atom stereocenters. The van der Waals surface area contributed by atoms with E-state index in [1.54, 1.807) is 0 Å². The van der Waals surface area contributed by atoms with Crippen LogP contribution in [0.15, 0.2) is 0 Å². The number of hydrogen-bond acceptors (Lipinski definition) is 4. The van der Waals surface area contributed by atoms with Crippen LogP contribution in [0, 0.1) is 11.3 Å². The largest absolute Gasteiger partial charge is 0.394 e. The third-order valence-electron chi connectivity index (χ3n) is 5.36. The number of carbonyl (C=O) groups is 1. The lowest BCUT2D eigenvalue weighted by molar-refractivity contribution is -0.176. The minimum absolute atomic E-state index is 0.000155. The highest BCUT2D eigenvalue weighted by molar-refractivity contribution is 5.90. The van der Waals surface area contributed by atoms with E-state index in [2.05, 4.69) is 5.32 Å². The van der Waals surface area contributed by atoms with E-state index >= 15 is 0 Å². The fourth-order valence-electron chi connectivity index (χ4n) is 3.66. The molecule has 3 rings (SSSR count). The van der Waals surface area contributed by atoms with Gasteiger partial charge in [0, 0.05) is 17.9 Å². The molecule has 5 heteroatoms. The second kappa shape index (κ2) is 3.46. The van der Waals surface area contributed by atoms with Crippen LogP contribution in [0.1, 0.15) is 33.1 Å². The van der Waals surface area contributed by atoms with Crippen LogP contribution in [-0.2, 0) is 9.53 Å². The predicted octanol–water partition coefficient (Wildman–Crippen LogP) is -0.230. The molecule has 1 heterocycles. The van der Waals surface area contributed by atoms with Gasteiger partial charge in [0.25, 0.3) is 0 Å². The molecule has 102 valence electrons. The Hall–Kier alpha value is -0.650. The fourth-order valence-corrected chi connectivity index (χ4v) is 3.66. The second-order valence-corrected chi connectivity index (χ2v) is 6.67. The van der Waals surface area contributed by atoms with E-state index in [9.17, 15) is 9.90 Å². The topological polar surface area (TPSA) is 84.6 Å². The Morgan fingerprint density at radius 2 is 2.17 bits per heavy atom. The van der Waals surface area contributed by atoms with E-state index in [1.807, 2.05) is 13.8 Å². The fraction of sp³-hybridized carbons (Fsp3) is 0.923. The van der Waals surface area contributed by atoms with Gasteiger partial charge in [-0.25, -0.2) is 0 Å². The average Bonchev–Trinajstić information content (AvgIpc) is 2.94. The van der Waals surface area contributed by atoms with Crippen molar-refractivity contribution < 1.29 is 14.6 Å². The zero-order chi connectivity index (χ0) is 13.2. The molecule has 0 aromatic rings. The van der Waals surface area contributed by atoms with E-state index in [0.29, 0.717) is 6.61 Å². The average molecular weight is 254 g/mol. The third kappa shape index (κ3) is 1.30. The van der Waals surface area contributed by atoms with E-state index < -0.39 is 11.1 Å². The van der Waals surface area contributed by atoms with Crippen LogP contribution in [0.2, 0.25) is 0 Å². The molecule has 0 radical (unpaired) electrons. The number of nitrogens with two attached hydrogens (primary N) is 1. The smallest absolute Gasteiger partial charge is 0.241 e. The van der Waals surface area contributed by atoms with Gasteiger partial charge >= 0.3 is 0 Å². The molecule has 5 nitrogen and oxygen atoms in total. The summed E-state index contributed by atoms with van der Waals surface area (Å²) in [6.07, 6.45) is 2.63. The molecule has 3 fully saturated rings. The van der Waals surface area contributed by atoms with E-state index in [4.69, 9.17) is 10.5 Å². The summed E-state index contributed by atoms with van der Waals surface area (Å²) in [5, 5.41) is 12.3. The van der Waals surface area contributed by atoms with Crippen molar-refractivity contribution >= 4 is 5.91 Å². The van der Waals surface area contributed by atoms with Gasteiger partial charge in [0.15, 0.2) is 0 Å². The van der Waals surface area contributed by atoms with E-state index in [-0.39, 0.29) is 30.0 Å². The third-order valence-corrected chi connectivity index (χ3v) is 5.36. The number of aliphatic hydroxyl groups excluding tert-OH is 1. The van der Waals surface area contributed by atoms with Crippen LogP contribution in [0.5, 0.6) is 0 Å². The minimum Gasteiger partial charge on any atom is -0.394 e. The molecular weight excluding hydrogens is 232 g/mol. The molecule has 3 unspecified atom stereocenters. The first-order valence-electron chi connectivity index (χ1n) is 6.71. The second-order valence-electron chi connectivity index (χ2n) is 6.67. The van der Waals surface area contributed by atoms with Crippen molar-refractivity contribution in [1.82, 2.24) is 5.32 Å². The maximum absolute atomic E-state index is 12.5. The Balaban J connectivity index is 1.80.